The van der Waals surface area contributed by atoms with E-state index < -0.39 is 5.91 Å². The minimum absolute atomic E-state index is 0.118. The Balaban J connectivity index is 0.921. The monoisotopic (exact) mass is 733 g/mol. The quantitative estimate of drug-likeness (QED) is 0.203. The van der Waals surface area contributed by atoms with Crippen LogP contribution in [0.1, 0.15) is 97.6 Å². The van der Waals surface area contributed by atoms with Gasteiger partial charge in [0.25, 0.3) is 5.91 Å². The molecule has 4 N–H and O–H groups in total. The minimum Gasteiger partial charge on any atom is -0.490 e. The highest BCUT2D eigenvalue weighted by atomic mass is 16.5. The minimum atomic E-state index is -0.402. The van der Waals surface area contributed by atoms with Crippen LogP contribution < -0.4 is 21.1 Å². The van der Waals surface area contributed by atoms with Crippen molar-refractivity contribution in [2.24, 2.45) is 5.73 Å². The van der Waals surface area contributed by atoms with Crippen LogP contribution in [0.5, 0.6) is 5.75 Å². The van der Waals surface area contributed by atoms with Crippen molar-refractivity contribution in [1.29, 1.82) is 0 Å². The lowest BCUT2D eigenvalue weighted by Crippen LogP contribution is -2.46. The van der Waals surface area contributed by atoms with Crippen molar-refractivity contribution in [1.82, 2.24) is 40.2 Å². The average molecular weight is 734 g/mol. The van der Waals surface area contributed by atoms with E-state index in [1.165, 1.54) is 11.8 Å². The summed E-state index contributed by atoms with van der Waals surface area (Å²) in [7, 11) is 0. The van der Waals surface area contributed by atoms with Crippen molar-refractivity contribution < 1.29 is 23.9 Å². The SMILES string of the molecule is CC(C)Oc1cc2nn(C3CCN(C(=O)CN4CCC(c5ccc(C6CCC(=O)NC6=O)cc5)CC4)CC3)cc2cc1C(=O)N/C(=C/N)c1ncccn1. The van der Waals surface area contributed by atoms with E-state index in [0.29, 0.717) is 55.5 Å². The van der Waals surface area contributed by atoms with E-state index in [1.807, 2.05) is 41.8 Å². The third-order valence-electron chi connectivity index (χ3n) is 10.6. The number of hydrogen-bond acceptors (Lipinski definition) is 10. The van der Waals surface area contributed by atoms with Gasteiger partial charge in [-0.05, 0) is 88.2 Å². The summed E-state index contributed by atoms with van der Waals surface area (Å²) in [5, 5.41) is 10.9. The normalized spacial score (nSPS) is 19.3. The number of rotatable bonds is 10. The lowest BCUT2D eigenvalue weighted by Gasteiger charge is -2.36. The summed E-state index contributed by atoms with van der Waals surface area (Å²) in [4.78, 5) is 63.3. The number of aromatic nitrogens is 4. The van der Waals surface area contributed by atoms with E-state index in [2.05, 4.69) is 37.6 Å². The zero-order chi connectivity index (χ0) is 37.8. The first kappa shape index (κ1) is 36.7. The number of nitrogens with two attached hydrogens (primary N) is 1. The maximum absolute atomic E-state index is 13.5. The lowest BCUT2D eigenvalue weighted by molar-refractivity contribution is -0.135. The number of hydrogen-bond donors (Lipinski definition) is 3. The van der Waals surface area contributed by atoms with Gasteiger partial charge in [-0.25, -0.2) is 9.97 Å². The Hall–Kier alpha value is -5.63. The highest BCUT2D eigenvalue weighted by molar-refractivity contribution is 6.04. The molecule has 54 heavy (non-hydrogen) atoms. The molecule has 2 aromatic carbocycles. The number of nitrogens with zero attached hydrogens (tertiary/aromatic N) is 6. The second kappa shape index (κ2) is 16.2. The maximum Gasteiger partial charge on any atom is 0.259 e. The van der Waals surface area contributed by atoms with Crippen molar-refractivity contribution in [3.63, 3.8) is 0 Å². The second-order valence-electron chi connectivity index (χ2n) is 14.6. The molecule has 0 bridgehead atoms. The van der Waals surface area contributed by atoms with E-state index in [1.54, 1.807) is 30.6 Å². The molecule has 282 valence electrons. The molecule has 0 spiro atoms. The van der Waals surface area contributed by atoms with Gasteiger partial charge in [0.1, 0.15) is 11.4 Å². The lowest BCUT2D eigenvalue weighted by atomic mass is 9.86. The average Bonchev–Trinajstić information content (AvgIpc) is 3.60. The first-order valence-electron chi connectivity index (χ1n) is 18.8. The van der Waals surface area contributed by atoms with Gasteiger partial charge >= 0.3 is 0 Å². The molecule has 3 saturated heterocycles. The molecule has 3 aliphatic rings. The van der Waals surface area contributed by atoms with Gasteiger partial charge in [-0.3, -0.25) is 34.1 Å². The number of amides is 4. The standard InChI is InChI=1S/C40H47N9O5/c1-25(2)54-35-21-33-29(20-32(35)40(53)44-34(22-41)38-42-14-3-15-43-38)23-49(46-33)30-12-18-48(19-13-30)37(51)24-47-16-10-27(11-17-47)26-4-6-28(7-5-26)31-8-9-36(50)45-39(31)52/h3-7,14-15,20-23,25,27,30-31H,8-13,16-19,24,41H2,1-2H3,(H,44,53)(H,45,50,52)/b34-22+. The maximum atomic E-state index is 13.5. The molecule has 4 amide bonds. The Labute approximate surface area is 314 Å². The molecule has 3 fully saturated rings. The smallest absolute Gasteiger partial charge is 0.259 e. The predicted octanol–water partition coefficient (Wildman–Crippen LogP) is 3.86. The van der Waals surface area contributed by atoms with Gasteiger partial charge in [-0.1, -0.05) is 24.3 Å². The molecular formula is C40H47N9O5. The number of fused-ring (bicyclic) bond motifs is 1. The number of piperidine rings is 3. The molecule has 0 radical (unpaired) electrons. The zero-order valence-electron chi connectivity index (χ0n) is 30.7. The largest absolute Gasteiger partial charge is 0.490 e. The van der Waals surface area contributed by atoms with E-state index in [4.69, 9.17) is 15.6 Å². The van der Waals surface area contributed by atoms with Crippen molar-refractivity contribution in [3.05, 3.63) is 89.8 Å². The molecule has 14 nitrogen and oxygen atoms in total. The van der Waals surface area contributed by atoms with Gasteiger partial charge in [-0.15, -0.1) is 0 Å². The Morgan fingerprint density at radius 3 is 2.35 bits per heavy atom. The van der Waals surface area contributed by atoms with Crippen LogP contribution in [0, 0.1) is 0 Å². The van der Waals surface area contributed by atoms with Crippen LogP contribution in [0.4, 0.5) is 0 Å². The summed E-state index contributed by atoms with van der Waals surface area (Å²) >= 11 is 0. The van der Waals surface area contributed by atoms with Crippen LogP contribution in [0.15, 0.2) is 67.3 Å². The summed E-state index contributed by atoms with van der Waals surface area (Å²) in [6.07, 6.45) is 10.6. The van der Waals surface area contributed by atoms with Crippen molar-refractivity contribution in [3.8, 4) is 5.75 Å². The third kappa shape index (κ3) is 8.28. The van der Waals surface area contributed by atoms with Gasteiger partial charge < -0.3 is 20.7 Å². The molecule has 3 aliphatic heterocycles. The Bertz CT molecular complexity index is 2030. The topological polar surface area (TPSA) is 178 Å². The number of benzene rings is 2. The summed E-state index contributed by atoms with van der Waals surface area (Å²) < 4.78 is 8.01. The molecule has 0 aliphatic carbocycles. The first-order chi connectivity index (χ1) is 26.1. The fraction of sp³-hybridized carbons (Fsp3) is 0.425. The molecule has 14 heteroatoms. The highest BCUT2D eigenvalue weighted by Gasteiger charge is 2.30. The highest BCUT2D eigenvalue weighted by Crippen LogP contribution is 2.32. The van der Waals surface area contributed by atoms with Gasteiger partial charge in [0.15, 0.2) is 5.82 Å². The van der Waals surface area contributed by atoms with Crippen LogP contribution in [-0.2, 0) is 14.4 Å². The van der Waals surface area contributed by atoms with Gasteiger partial charge in [0, 0.05) is 55.8 Å². The van der Waals surface area contributed by atoms with Crippen LogP contribution in [0.2, 0.25) is 0 Å². The number of nitrogens with one attached hydrogen (secondary N) is 2. The first-order valence-corrected chi connectivity index (χ1v) is 18.8. The van der Waals surface area contributed by atoms with Gasteiger partial charge in [-0.2, -0.15) is 5.10 Å². The number of likely N-dealkylation sites (tertiary alicyclic amines) is 2. The number of imide groups is 1. The number of carbonyl (C=O) groups is 4. The molecule has 5 heterocycles. The van der Waals surface area contributed by atoms with Crippen LogP contribution >= 0.6 is 0 Å². The summed E-state index contributed by atoms with van der Waals surface area (Å²) in [6.45, 7) is 7.23. The van der Waals surface area contributed by atoms with Crippen LogP contribution in [0.3, 0.4) is 0 Å². The van der Waals surface area contributed by atoms with E-state index in [-0.39, 0.29) is 41.5 Å². The second-order valence-corrected chi connectivity index (χ2v) is 14.6. The number of carbonyl (C=O) groups excluding carboxylic acids is 4. The summed E-state index contributed by atoms with van der Waals surface area (Å²) in [5.74, 6) is 0.198. The predicted molar refractivity (Wildman–Crippen MR) is 202 cm³/mol. The third-order valence-corrected chi connectivity index (χ3v) is 10.6. The molecule has 1 atom stereocenters. The zero-order valence-corrected chi connectivity index (χ0v) is 30.7. The molecule has 4 aromatic rings. The summed E-state index contributed by atoms with van der Waals surface area (Å²) in [6, 6.07) is 13.7. The Kier molecular flexibility index (Phi) is 11.0. The van der Waals surface area contributed by atoms with Gasteiger partial charge in [0.2, 0.25) is 17.7 Å². The number of ether oxygens (including phenoxy) is 1. The fourth-order valence-electron chi connectivity index (χ4n) is 7.70. The molecule has 2 aromatic heterocycles. The Morgan fingerprint density at radius 1 is 0.981 bits per heavy atom. The van der Waals surface area contributed by atoms with Crippen LogP contribution in [-0.4, -0.2) is 92.0 Å². The molecule has 0 saturated carbocycles. The van der Waals surface area contributed by atoms with E-state index in [0.717, 1.165) is 55.2 Å². The van der Waals surface area contributed by atoms with Gasteiger partial charge in [0.05, 0.1) is 35.7 Å². The van der Waals surface area contributed by atoms with Crippen molar-refractivity contribution in [2.75, 3.05) is 32.7 Å². The van der Waals surface area contributed by atoms with E-state index in [9.17, 15) is 19.2 Å². The Morgan fingerprint density at radius 2 is 1.69 bits per heavy atom. The molecular weight excluding hydrogens is 686 g/mol. The summed E-state index contributed by atoms with van der Waals surface area (Å²) in [5.41, 5.74) is 9.36. The van der Waals surface area contributed by atoms with Crippen LogP contribution in [0.25, 0.3) is 16.6 Å². The van der Waals surface area contributed by atoms with E-state index >= 15 is 0 Å². The molecule has 7 rings (SSSR count). The van der Waals surface area contributed by atoms with Crippen molar-refractivity contribution >= 4 is 40.2 Å². The molecule has 1 unspecified atom stereocenters. The van der Waals surface area contributed by atoms with Crippen molar-refractivity contribution in [2.45, 2.75) is 76.4 Å². The fourth-order valence-corrected chi connectivity index (χ4v) is 7.70.